The fraction of sp³-hybridized carbons (Fsp3) is 0.0667. The molecule has 0 aliphatic carbocycles. The molecule has 0 fully saturated rings. The Labute approximate surface area is 126 Å². The van der Waals surface area contributed by atoms with Crippen LogP contribution in [0.4, 0.5) is 5.69 Å². The molecule has 3 aromatic rings. The largest absolute Gasteiger partial charge is 0.508 e. The minimum Gasteiger partial charge on any atom is -0.508 e. The number of rotatable bonds is 4. The zero-order valence-corrected chi connectivity index (χ0v) is 11.7. The lowest BCUT2D eigenvalue weighted by molar-refractivity contribution is 0.384. The highest BCUT2D eigenvalue weighted by Crippen LogP contribution is 2.25. The summed E-state index contributed by atoms with van der Waals surface area (Å²) in [5.41, 5.74) is 1.59. The van der Waals surface area contributed by atoms with Crippen LogP contribution in [0, 0.1) is 0 Å². The van der Waals surface area contributed by atoms with Gasteiger partial charge in [-0.2, -0.15) is 4.98 Å². The van der Waals surface area contributed by atoms with Crippen molar-refractivity contribution in [2.24, 2.45) is 0 Å². The Hall–Kier alpha value is -2.53. The summed E-state index contributed by atoms with van der Waals surface area (Å²) in [6.07, 6.45) is 0. The van der Waals surface area contributed by atoms with Crippen LogP contribution in [0.2, 0.25) is 5.02 Å². The van der Waals surface area contributed by atoms with E-state index >= 15 is 0 Å². The summed E-state index contributed by atoms with van der Waals surface area (Å²) < 4.78 is 5.19. The Morgan fingerprint density at radius 3 is 2.62 bits per heavy atom. The van der Waals surface area contributed by atoms with Gasteiger partial charge in [-0.1, -0.05) is 28.9 Å². The third kappa shape index (κ3) is 3.14. The molecule has 1 aromatic heterocycles. The van der Waals surface area contributed by atoms with Crippen molar-refractivity contribution in [3.63, 3.8) is 0 Å². The first-order valence-corrected chi connectivity index (χ1v) is 6.70. The van der Waals surface area contributed by atoms with Gasteiger partial charge in [0.15, 0.2) is 0 Å². The van der Waals surface area contributed by atoms with E-state index < -0.39 is 0 Å². The van der Waals surface area contributed by atoms with Gasteiger partial charge in [0.25, 0.3) is 0 Å². The van der Waals surface area contributed by atoms with Crippen LogP contribution < -0.4 is 5.32 Å². The van der Waals surface area contributed by atoms with Crippen molar-refractivity contribution in [3.05, 3.63) is 59.4 Å². The first-order valence-electron chi connectivity index (χ1n) is 6.33. The maximum atomic E-state index is 9.22. The number of anilines is 1. The van der Waals surface area contributed by atoms with E-state index in [0.29, 0.717) is 23.3 Å². The molecule has 0 amide bonds. The van der Waals surface area contributed by atoms with Crippen LogP contribution in [0.5, 0.6) is 5.75 Å². The zero-order chi connectivity index (χ0) is 14.7. The average Bonchev–Trinajstić information content (AvgIpc) is 2.96. The first-order chi connectivity index (χ1) is 10.2. The van der Waals surface area contributed by atoms with Crippen molar-refractivity contribution >= 4 is 17.3 Å². The van der Waals surface area contributed by atoms with Gasteiger partial charge in [-0.25, -0.2) is 0 Å². The molecular formula is C15H12ClN3O2. The first kappa shape index (κ1) is 13.5. The number of hydrogen-bond acceptors (Lipinski definition) is 5. The van der Waals surface area contributed by atoms with Crippen molar-refractivity contribution in [2.45, 2.75) is 6.54 Å². The molecule has 2 aromatic carbocycles. The molecule has 0 bridgehead atoms. The second-order valence-corrected chi connectivity index (χ2v) is 4.80. The number of aromatic nitrogens is 2. The van der Waals surface area contributed by atoms with Gasteiger partial charge in [0, 0.05) is 11.3 Å². The third-order valence-electron chi connectivity index (χ3n) is 2.89. The van der Waals surface area contributed by atoms with Crippen LogP contribution in [0.15, 0.2) is 53.1 Å². The lowest BCUT2D eigenvalue weighted by Crippen LogP contribution is -1.99. The molecule has 106 valence electrons. The molecule has 0 atom stereocenters. The number of hydrogen-bond donors (Lipinski definition) is 2. The van der Waals surface area contributed by atoms with E-state index in [4.69, 9.17) is 16.1 Å². The summed E-state index contributed by atoms with van der Waals surface area (Å²) in [4.78, 5) is 4.30. The highest BCUT2D eigenvalue weighted by molar-refractivity contribution is 6.33. The Kier molecular flexibility index (Phi) is 3.75. The normalized spacial score (nSPS) is 10.5. The summed E-state index contributed by atoms with van der Waals surface area (Å²) in [5, 5.41) is 16.8. The average molecular weight is 302 g/mol. The van der Waals surface area contributed by atoms with Gasteiger partial charge in [0.1, 0.15) is 5.75 Å². The fourth-order valence-corrected chi connectivity index (χ4v) is 2.06. The number of phenols is 1. The summed E-state index contributed by atoms with van der Waals surface area (Å²) in [5.74, 6) is 1.14. The SMILES string of the molecule is Oc1ccc(NCc2nc(-c3ccccc3Cl)no2)cc1. The number of phenolic OH excluding ortho intramolecular Hbond substituents is 1. The zero-order valence-electron chi connectivity index (χ0n) is 11.0. The highest BCUT2D eigenvalue weighted by atomic mass is 35.5. The monoisotopic (exact) mass is 301 g/mol. The van der Waals surface area contributed by atoms with Crippen molar-refractivity contribution in [3.8, 4) is 17.1 Å². The lowest BCUT2D eigenvalue weighted by atomic mass is 10.2. The summed E-state index contributed by atoms with van der Waals surface area (Å²) in [6.45, 7) is 0.391. The van der Waals surface area contributed by atoms with Crippen molar-refractivity contribution < 1.29 is 9.63 Å². The van der Waals surface area contributed by atoms with E-state index in [1.165, 1.54) is 0 Å². The van der Waals surface area contributed by atoms with Crippen LogP contribution in [0.1, 0.15) is 5.89 Å². The molecule has 5 nitrogen and oxygen atoms in total. The molecule has 0 saturated heterocycles. The quantitative estimate of drug-likeness (QED) is 0.719. The Bertz CT molecular complexity index is 741. The second kappa shape index (κ2) is 5.85. The van der Waals surface area contributed by atoms with Gasteiger partial charge in [-0.3, -0.25) is 0 Å². The van der Waals surface area contributed by atoms with Gasteiger partial charge >= 0.3 is 0 Å². The molecule has 0 unspecified atom stereocenters. The molecule has 0 aliphatic rings. The van der Waals surface area contributed by atoms with Crippen molar-refractivity contribution in [1.82, 2.24) is 10.1 Å². The van der Waals surface area contributed by atoms with Gasteiger partial charge in [0.2, 0.25) is 11.7 Å². The predicted octanol–water partition coefficient (Wildman–Crippen LogP) is 3.71. The van der Waals surface area contributed by atoms with Crippen LogP contribution in [-0.4, -0.2) is 15.2 Å². The van der Waals surface area contributed by atoms with Crippen LogP contribution in [-0.2, 0) is 6.54 Å². The lowest BCUT2D eigenvalue weighted by Gasteiger charge is -2.02. The highest BCUT2D eigenvalue weighted by Gasteiger charge is 2.11. The van der Waals surface area contributed by atoms with E-state index in [1.807, 2.05) is 18.2 Å². The number of nitrogens with zero attached hydrogens (tertiary/aromatic N) is 2. The maximum absolute atomic E-state index is 9.22. The molecular weight excluding hydrogens is 290 g/mol. The van der Waals surface area contributed by atoms with Gasteiger partial charge in [-0.15, -0.1) is 0 Å². The molecule has 0 radical (unpaired) electrons. The van der Waals surface area contributed by atoms with E-state index in [0.717, 1.165) is 11.3 Å². The summed E-state index contributed by atoms with van der Waals surface area (Å²) >= 11 is 6.09. The van der Waals surface area contributed by atoms with Gasteiger partial charge in [-0.05, 0) is 36.4 Å². The maximum Gasteiger partial charge on any atom is 0.246 e. The molecule has 0 aliphatic heterocycles. The Balaban J connectivity index is 1.71. The van der Waals surface area contributed by atoms with E-state index in [9.17, 15) is 5.11 Å². The Morgan fingerprint density at radius 2 is 1.86 bits per heavy atom. The van der Waals surface area contributed by atoms with E-state index in [-0.39, 0.29) is 5.75 Å². The minimum atomic E-state index is 0.222. The summed E-state index contributed by atoms with van der Waals surface area (Å²) in [6, 6.07) is 14.1. The molecule has 2 N–H and O–H groups in total. The van der Waals surface area contributed by atoms with Crippen LogP contribution >= 0.6 is 11.6 Å². The van der Waals surface area contributed by atoms with Gasteiger partial charge in [0.05, 0.1) is 11.6 Å². The van der Waals surface area contributed by atoms with Crippen LogP contribution in [0.25, 0.3) is 11.4 Å². The molecule has 1 heterocycles. The topological polar surface area (TPSA) is 71.2 Å². The predicted molar refractivity (Wildman–Crippen MR) is 80.2 cm³/mol. The Morgan fingerprint density at radius 1 is 1.10 bits per heavy atom. The molecule has 6 heteroatoms. The second-order valence-electron chi connectivity index (χ2n) is 4.39. The molecule has 3 rings (SSSR count). The number of aromatic hydroxyl groups is 1. The minimum absolute atomic E-state index is 0.222. The number of nitrogens with one attached hydrogen (secondary N) is 1. The molecule has 0 saturated carbocycles. The fourth-order valence-electron chi connectivity index (χ4n) is 1.84. The van der Waals surface area contributed by atoms with Crippen LogP contribution in [0.3, 0.4) is 0 Å². The third-order valence-corrected chi connectivity index (χ3v) is 3.22. The van der Waals surface area contributed by atoms with Crippen molar-refractivity contribution in [2.75, 3.05) is 5.32 Å². The molecule has 21 heavy (non-hydrogen) atoms. The summed E-state index contributed by atoms with van der Waals surface area (Å²) in [7, 11) is 0. The van der Waals surface area contributed by atoms with E-state index in [1.54, 1.807) is 30.3 Å². The van der Waals surface area contributed by atoms with E-state index in [2.05, 4.69) is 15.5 Å². The smallest absolute Gasteiger partial charge is 0.246 e. The molecule has 0 spiro atoms. The number of halogens is 1. The number of benzene rings is 2. The van der Waals surface area contributed by atoms with Gasteiger partial charge < -0.3 is 14.9 Å². The van der Waals surface area contributed by atoms with Crippen molar-refractivity contribution in [1.29, 1.82) is 0 Å². The standard InChI is InChI=1S/C15H12ClN3O2/c16-13-4-2-1-3-12(13)15-18-14(21-19-15)9-17-10-5-7-11(20)8-6-10/h1-8,17,20H,9H2.